The number of hydrogen-bond donors (Lipinski definition) is 3. The van der Waals surface area contributed by atoms with E-state index in [1.165, 1.54) is 43.3 Å². The van der Waals surface area contributed by atoms with Crippen LogP contribution in [-0.2, 0) is 8.53 Å². The predicted molar refractivity (Wildman–Crippen MR) is 83.4 cm³/mol. The van der Waals surface area contributed by atoms with Crippen LogP contribution in [0.25, 0.3) is 0 Å². The first kappa shape index (κ1) is 17.0. The van der Waals surface area contributed by atoms with E-state index in [4.69, 9.17) is 0 Å². The van der Waals surface area contributed by atoms with Gasteiger partial charge in [-0.25, -0.2) is 0 Å². The van der Waals surface area contributed by atoms with Crippen LogP contribution < -0.4 is 9.67 Å². The van der Waals surface area contributed by atoms with Crippen LogP contribution in [0.2, 0.25) is 0 Å². The number of carbonyl (C=O) groups excluding carboxylic acids is 2. The van der Waals surface area contributed by atoms with Crippen molar-refractivity contribution >= 4 is 35.9 Å². The summed E-state index contributed by atoms with van der Waals surface area (Å²) in [6, 6.07) is 13.1. The first-order valence-electron chi connectivity index (χ1n) is 6.62. The number of amides is 2. The number of hydrogen-bond acceptors (Lipinski definition) is 4. The Morgan fingerprint density at radius 3 is 2.13 bits per heavy atom. The molecule has 0 saturated carbocycles. The second kappa shape index (κ2) is 6.83. The number of rotatable bonds is 4. The fourth-order valence-corrected chi connectivity index (χ4v) is 4.22. The second-order valence-electron chi connectivity index (χ2n) is 4.73. The second-order valence-corrected chi connectivity index (χ2v) is 8.89. The van der Waals surface area contributed by atoms with Gasteiger partial charge in [-0.2, -0.15) is 0 Å². The van der Waals surface area contributed by atoms with Gasteiger partial charge < -0.3 is 0 Å². The van der Waals surface area contributed by atoms with E-state index in [0.717, 1.165) is 0 Å². The number of nitrogens with zero attached hydrogens (tertiary/aromatic N) is 1. The van der Waals surface area contributed by atoms with E-state index >= 15 is 0 Å². The van der Waals surface area contributed by atoms with Crippen molar-refractivity contribution in [2.45, 2.75) is 6.92 Å². The topological polar surface area (TPSA) is 107 Å². The third-order valence-corrected chi connectivity index (χ3v) is 6.48. The minimum atomic E-state index is -5.21. The van der Waals surface area contributed by atoms with Gasteiger partial charge in [0.2, 0.25) is 0 Å². The molecule has 0 saturated heterocycles. The molecule has 2 amide bonds. The number of nitrogens with one attached hydrogen (secondary N) is 1. The summed E-state index contributed by atoms with van der Waals surface area (Å²) >= 11 is -5.21. The molecule has 0 aliphatic heterocycles. The van der Waals surface area contributed by atoms with E-state index in [1.807, 2.05) is 0 Å². The van der Waals surface area contributed by atoms with E-state index in [0.29, 0.717) is 5.69 Å². The number of anilines is 1. The zero-order chi connectivity index (χ0) is 17.0. The summed E-state index contributed by atoms with van der Waals surface area (Å²) in [5.74, 6) is -1.24. The molecule has 23 heavy (non-hydrogen) atoms. The zero-order valence-corrected chi connectivity index (χ0v) is 14.1. The van der Waals surface area contributed by atoms with E-state index in [2.05, 4.69) is 5.32 Å². The van der Waals surface area contributed by atoms with Crippen molar-refractivity contribution < 1.29 is 22.6 Å². The van der Waals surface area contributed by atoms with Gasteiger partial charge in [0, 0.05) is 0 Å². The summed E-state index contributed by atoms with van der Waals surface area (Å²) in [5, 5.41) is 12.4. The average molecular weight is 378 g/mol. The van der Waals surface area contributed by atoms with Gasteiger partial charge in [0.15, 0.2) is 0 Å². The van der Waals surface area contributed by atoms with Crippen molar-refractivity contribution in [2.75, 3.05) is 5.32 Å². The SMILES string of the molecule is CC(=O)Nc1ccc([As](=O)(O)N(O)C(=O)c2ccccc2)cc1. The maximum atomic E-state index is 12.4. The van der Waals surface area contributed by atoms with Crippen LogP contribution in [0.1, 0.15) is 17.3 Å². The van der Waals surface area contributed by atoms with Gasteiger partial charge in [-0.05, 0) is 0 Å². The van der Waals surface area contributed by atoms with Crippen molar-refractivity contribution in [3.63, 3.8) is 0 Å². The minimum absolute atomic E-state index is 0.0796. The standard InChI is InChI=1S/C15H15AsN2O5/c1-11(19)17-14-9-7-13(8-10-14)16(21,22)18(23)15(20)12-5-3-2-4-6-12/h2-10,23H,1H3,(H,17,19)(H,21,22). The normalized spacial score (nSPS) is 13.0. The quantitative estimate of drug-likeness (QED) is 0.414. The van der Waals surface area contributed by atoms with Crippen molar-refractivity contribution in [3.05, 3.63) is 60.2 Å². The summed E-state index contributed by atoms with van der Waals surface area (Å²) in [4.78, 5) is 23.0. The first-order chi connectivity index (χ1) is 10.8. The molecule has 3 N–H and O–H groups in total. The van der Waals surface area contributed by atoms with E-state index in [1.54, 1.807) is 18.2 Å². The van der Waals surface area contributed by atoms with Gasteiger partial charge in [-0.1, -0.05) is 0 Å². The van der Waals surface area contributed by atoms with Crippen LogP contribution in [-0.4, -0.2) is 39.2 Å². The van der Waals surface area contributed by atoms with E-state index in [9.17, 15) is 22.6 Å². The molecule has 0 aliphatic carbocycles. The Hall–Kier alpha value is -2.34. The number of carbonyl (C=O) groups is 2. The van der Waals surface area contributed by atoms with Gasteiger partial charge in [0.05, 0.1) is 0 Å². The van der Waals surface area contributed by atoms with Gasteiger partial charge >= 0.3 is 135 Å². The molecule has 2 aromatic carbocycles. The fourth-order valence-electron chi connectivity index (χ4n) is 1.87. The maximum absolute atomic E-state index is 12.4. The molecular weight excluding hydrogens is 363 g/mol. The van der Waals surface area contributed by atoms with Crippen molar-refractivity contribution in [1.29, 1.82) is 0 Å². The zero-order valence-electron chi connectivity index (χ0n) is 12.2. The van der Waals surface area contributed by atoms with Crippen LogP contribution in [0.15, 0.2) is 54.6 Å². The van der Waals surface area contributed by atoms with Gasteiger partial charge in [0.1, 0.15) is 0 Å². The fraction of sp³-hybridized carbons (Fsp3) is 0.0667. The third-order valence-electron chi connectivity index (χ3n) is 2.98. The monoisotopic (exact) mass is 378 g/mol. The molecule has 0 radical (unpaired) electrons. The Bertz CT molecular complexity index is 761. The molecule has 1 atom stereocenters. The van der Waals surface area contributed by atoms with Crippen molar-refractivity contribution in [3.8, 4) is 0 Å². The molecule has 0 spiro atoms. The molecule has 120 valence electrons. The van der Waals surface area contributed by atoms with Crippen LogP contribution in [0.4, 0.5) is 5.69 Å². The molecule has 1 unspecified atom stereocenters. The Morgan fingerprint density at radius 2 is 1.61 bits per heavy atom. The number of hydroxylamine groups is 1. The van der Waals surface area contributed by atoms with Crippen molar-refractivity contribution in [2.24, 2.45) is 0 Å². The van der Waals surface area contributed by atoms with Crippen LogP contribution in [0, 0.1) is 0 Å². The number of benzene rings is 2. The summed E-state index contributed by atoms with van der Waals surface area (Å²) in [7, 11) is 0. The van der Waals surface area contributed by atoms with Crippen LogP contribution >= 0.6 is 0 Å². The van der Waals surface area contributed by atoms with Gasteiger partial charge in [0.25, 0.3) is 0 Å². The van der Waals surface area contributed by atoms with Crippen LogP contribution in [0.5, 0.6) is 0 Å². The van der Waals surface area contributed by atoms with E-state index < -0.39 is 20.0 Å². The summed E-state index contributed by atoms with van der Waals surface area (Å²) in [6.45, 7) is 1.34. The first-order valence-corrected chi connectivity index (χ1v) is 10.0. The summed E-state index contributed by atoms with van der Waals surface area (Å²) in [5.41, 5.74) is 0.538. The predicted octanol–water partition coefficient (Wildman–Crippen LogP) is 0.745. The molecule has 8 heteroatoms. The Morgan fingerprint density at radius 1 is 1.04 bits per heavy atom. The van der Waals surface area contributed by atoms with E-state index in [-0.39, 0.29) is 19.8 Å². The molecule has 7 nitrogen and oxygen atoms in total. The van der Waals surface area contributed by atoms with Gasteiger partial charge in [-0.15, -0.1) is 0 Å². The Balaban J connectivity index is 2.25. The Kier molecular flexibility index (Phi) is 5.05. The van der Waals surface area contributed by atoms with Gasteiger partial charge in [-0.3, -0.25) is 0 Å². The molecule has 0 fully saturated rings. The molecular formula is C15H15AsN2O5. The summed E-state index contributed by atoms with van der Waals surface area (Å²) < 4.78 is 22.4. The molecule has 0 heterocycles. The van der Waals surface area contributed by atoms with Crippen molar-refractivity contribution in [1.82, 2.24) is 3.98 Å². The molecule has 2 aromatic rings. The molecule has 0 aromatic heterocycles. The third kappa shape index (κ3) is 3.90. The summed E-state index contributed by atoms with van der Waals surface area (Å²) in [6.07, 6.45) is 0. The molecule has 2 rings (SSSR count). The molecule has 0 bridgehead atoms. The molecule has 0 aliphatic rings. The average Bonchev–Trinajstić information content (AvgIpc) is 2.54. The van der Waals surface area contributed by atoms with Crippen LogP contribution in [0.3, 0.4) is 0 Å². The Labute approximate surface area is 135 Å².